The summed E-state index contributed by atoms with van der Waals surface area (Å²) >= 11 is 0. The van der Waals surface area contributed by atoms with Crippen molar-refractivity contribution in [3.8, 4) is 11.8 Å². The Morgan fingerprint density at radius 3 is 2.55 bits per heavy atom. The van der Waals surface area contributed by atoms with Gasteiger partial charge in [-0.05, 0) is 42.3 Å². The van der Waals surface area contributed by atoms with Crippen molar-refractivity contribution >= 4 is 0 Å². The second kappa shape index (κ2) is 7.27. The smallest absolute Gasteiger partial charge is 0.174 e. The molecule has 0 radical (unpaired) electrons. The van der Waals surface area contributed by atoms with Crippen LogP contribution in [0.3, 0.4) is 0 Å². The van der Waals surface area contributed by atoms with Crippen molar-refractivity contribution in [3.63, 3.8) is 0 Å². The molecule has 1 aromatic carbocycles. The van der Waals surface area contributed by atoms with E-state index in [9.17, 15) is 0 Å². The molecule has 0 saturated heterocycles. The first-order valence-corrected chi connectivity index (χ1v) is 6.51. The van der Waals surface area contributed by atoms with Gasteiger partial charge in [-0.25, -0.2) is 0 Å². The number of nitrogens with one attached hydrogen (secondary N) is 1. The van der Waals surface area contributed by atoms with Gasteiger partial charge in [0.25, 0.3) is 0 Å². The second-order valence-corrected chi connectivity index (χ2v) is 4.47. The van der Waals surface area contributed by atoms with Gasteiger partial charge in [0.15, 0.2) is 6.61 Å². The first kappa shape index (κ1) is 14.0. The predicted molar refractivity (Wildman–Crippen MR) is 77.0 cm³/mol. The third-order valence-electron chi connectivity index (χ3n) is 3.05. The van der Waals surface area contributed by atoms with Gasteiger partial charge in [-0.3, -0.25) is 4.98 Å². The van der Waals surface area contributed by atoms with Crippen molar-refractivity contribution in [3.05, 3.63) is 59.9 Å². The number of ether oxygens (including phenoxy) is 1. The van der Waals surface area contributed by atoms with E-state index < -0.39 is 0 Å². The molecular weight excluding hydrogens is 250 g/mol. The van der Waals surface area contributed by atoms with Crippen LogP contribution in [0.2, 0.25) is 0 Å². The highest BCUT2D eigenvalue weighted by atomic mass is 16.5. The minimum Gasteiger partial charge on any atom is -0.479 e. The van der Waals surface area contributed by atoms with Gasteiger partial charge in [0, 0.05) is 25.0 Å². The van der Waals surface area contributed by atoms with Gasteiger partial charge in [0.05, 0.1) is 0 Å². The summed E-state index contributed by atoms with van der Waals surface area (Å²) in [5, 5.41) is 11.9. The van der Waals surface area contributed by atoms with E-state index in [1.807, 2.05) is 42.5 Å². The van der Waals surface area contributed by atoms with Crippen molar-refractivity contribution < 1.29 is 4.74 Å². The van der Waals surface area contributed by atoms with E-state index >= 15 is 0 Å². The van der Waals surface area contributed by atoms with Crippen LogP contribution >= 0.6 is 0 Å². The lowest BCUT2D eigenvalue weighted by Crippen LogP contribution is -2.18. The van der Waals surface area contributed by atoms with Gasteiger partial charge in [-0.2, -0.15) is 5.26 Å². The number of pyridine rings is 1. The molecule has 0 aliphatic rings. The number of aromatic nitrogens is 1. The zero-order valence-corrected chi connectivity index (χ0v) is 11.4. The van der Waals surface area contributed by atoms with E-state index in [0.29, 0.717) is 0 Å². The van der Waals surface area contributed by atoms with E-state index in [0.717, 1.165) is 12.3 Å². The minimum atomic E-state index is 0.0800. The van der Waals surface area contributed by atoms with Crippen LogP contribution in [0.25, 0.3) is 0 Å². The lowest BCUT2D eigenvalue weighted by atomic mass is 10.1. The fraction of sp³-hybridized carbons (Fsp3) is 0.250. The molecule has 1 atom stereocenters. The van der Waals surface area contributed by atoms with Gasteiger partial charge in [0.2, 0.25) is 0 Å². The van der Waals surface area contributed by atoms with Crippen molar-refractivity contribution in [2.75, 3.05) is 6.61 Å². The lowest BCUT2D eigenvalue weighted by molar-refractivity contribution is 0.368. The van der Waals surface area contributed by atoms with Crippen LogP contribution in [-0.2, 0) is 6.54 Å². The van der Waals surface area contributed by atoms with Crippen molar-refractivity contribution in [2.24, 2.45) is 0 Å². The topological polar surface area (TPSA) is 57.9 Å². The van der Waals surface area contributed by atoms with Crippen LogP contribution in [-0.4, -0.2) is 11.6 Å². The highest BCUT2D eigenvalue weighted by Gasteiger charge is 2.04. The molecule has 0 spiro atoms. The van der Waals surface area contributed by atoms with Crippen LogP contribution in [0.4, 0.5) is 0 Å². The molecule has 0 fully saturated rings. The zero-order chi connectivity index (χ0) is 14.2. The highest BCUT2D eigenvalue weighted by molar-refractivity contribution is 5.27. The van der Waals surface area contributed by atoms with E-state index in [4.69, 9.17) is 10.00 Å². The highest BCUT2D eigenvalue weighted by Crippen LogP contribution is 2.14. The summed E-state index contributed by atoms with van der Waals surface area (Å²) in [4.78, 5) is 4.02. The maximum atomic E-state index is 8.45. The molecule has 20 heavy (non-hydrogen) atoms. The van der Waals surface area contributed by atoms with E-state index in [1.165, 1.54) is 11.1 Å². The monoisotopic (exact) mass is 267 g/mol. The summed E-state index contributed by atoms with van der Waals surface area (Å²) in [5.74, 6) is 0.720. The molecule has 2 aromatic rings. The number of nitrogens with zero attached hydrogens (tertiary/aromatic N) is 2. The van der Waals surface area contributed by atoms with Crippen LogP contribution < -0.4 is 10.1 Å². The van der Waals surface area contributed by atoms with Gasteiger partial charge in [0.1, 0.15) is 11.8 Å². The number of benzene rings is 1. The Bertz CT molecular complexity index is 561. The van der Waals surface area contributed by atoms with Gasteiger partial charge in [-0.15, -0.1) is 0 Å². The molecule has 0 amide bonds. The van der Waals surface area contributed by atoms with Crippen LogP contribution in [0.5, 0.6) is 5.75 Å². The van der Waals surface area contributed by atoms with Crippen molar-refractivity contribution in [1.29, 1.82) is 5.26 Å². The largest absolute Gasteiger partial charge is 0.479 e. The normalized spacial score (nSPS) is 11.6. The summed E-state index contributed by atoms with van der Waals surface area (Å²) in [5.41, 5.74) is 2.39. The molecule has 0 unspecified atom stereocenters. The number of hydrogen-bond acceptors (Lipinski definition) is 4. The number of rotatable bonds is 6. The summed E-state index contributed by atoms with van der Waals surface area (Å²) in [6, 6.07) is 14.0. The van der Waals surface area contributed by atoms with Gasteiger partial charge >= 0.3 is 0 Å². The molecule has 0 bridgehead atoms. The Hall–Kier alpha value is -2.38. The third-order valence-corrected chi connectivity index (χ3v) is 3.05. The van der Waals surface area contributed by atoms with Crippen LogP contribution in [0, 0.1) is 11.3 Å². The Balaban J connectivity index is 1.86. The maximum absolute atomic E-state index is 8.45. The Morgan fingerprint density at radius 1 is 1.20 bits per heavy atom. The Morgan fingerprint density at radius 2 is 1.90 bits per heavy atom. The van der Waals surface area contributed by atoms with E-state index in [-0.39, 0.29) is 12.6 Å². The summed E-state index contributed by atoms with van der Waals surface area (Å²) in [7, 11) is 0. The summed E-state index contributed by atoms with van der Waals surface area (Å²) in [6.45, 7) is 2.98. The van der Waals surface area contributed by atoms with E-state index in [2.05, 4.69) is 17.2 Å². The summed E-state index contributed by atoms with van der Waals surface area (Å²) in [6.07, 6.45) is 3.60. The molecule has 2 rings (SSSR count). The van der Waals surface area contributed by atoms with Crippen molar-refractivity contribution in [1.82, 2.24) is 10.3 Å². The Labute approximate surface area is 119 Å². The first-order valence-electron chi connectivity index (χ1n) is 6.51. The van der Waals surface area contributed by atoms with Crippen LogP contribution in [0.1, 0.15) is 24.1 Å². The Kier molecular flexibility index (Phi) is 5.10. The minimum absolute atomic E-state index is 0.0800. The van der Waals surface area contributed by atoms with Gasteiger partial charge in [-0.1, -0.05) is 12.1 Å². The SMILES string of the molecule is C[C@H](NCc1ccc(OCC#N)cc1)c1ccncc1. The average molecular weight is 267 g/mol. The fourth-order valence-corrected chi connectivity index (χ4v) is 1.86. The quantitative estimate of drug-likeness (QED) is 0.874. The predicted octanol–water partition coefficient (Wildman–Crippen LogP) is 2.83. The van der Waals surface area contributed by atoms with Crippen molar-refractivity contribution in [2.45, 2.75) is 19.5 Å². The summed E-state index contributed by atoms with van der Waals surface area (Å²) < 4.78 is 5.22. The maximum Gasteiger partial charge on any atom is 0.174 e. The average Bonchev–Trinajstić information content (AvgIpc) is 2.52. The fourth-order valence-electron chi connectivity index (χ4n) is 1.86. The molecule has 1 heterocycles. The molecule has 1 N–H and O–H groups in total. The van der Waals surface area contributed by atoms with Gasteiger partial charge < -0.3 is 10.1 Å². The standard InChI is InChI=1S/C16H17N3O/c1-13(15-6-9-18-10-7-15)19-12-14-2-4-16(5-3-14)20-11-8-17/h2-7,9-10,13,19H,11-12H2,1H3/t13-/m0/s1. The second-order valence-electron chi connectivity index (χ2n) is 4.47. The molecule has 4 nitrogen and oxygen atoms in total. The number of hydrogen-bond donors (Lipinski definition) is 1. The van der Waals surface area contributed by atoms with Crippen LogP contribution in [0.15, 0.2) is 48.8 Å². The third kappa shape index (κ3) is 4.08. The molecule has 1 aromatic heterocycles. The number of nitriles is 1. The molecule has 0 aliphatic heterocycles. The lowest BCUT2D eigenvalue weighted by Gasteiger charge is -2.14. The molecule has 0 aliphatic carbocycles. The zero-order valence-electron chi connectivity index (χ0n) is 11.4. The van der Waals surface area contributed by atoms with E-state index in [1.54, 1.807) is 12.4 Å². The molecule has 4 heteroatoms. The first-order chi connectivity index (χ1) is 9.79. The molecule has 0 saturated carbocycles. The molecule has 102 valence electrons. The molecular formula is C16H17N3O.